The quantitative estimate of drug-likeness (QED) is 0.808. The fraction of sp³-hybridized carbons (Fsp3) is 0.667. The second kappa shape index (κ2) is 5.49. The molecular weight excluding hydrogens is 236 g/mol. The average Bonchev–Trinajstić information content (AvgIpc) is 2.77. The summed E-state index contributed by atoms with van der Waals surface area (Å²) in [5.41, 5.74) is 0. The first kappa shape index (κ1) is 12.4. The van der Waals surface area contributed by atoms with Crippen LogP contribution in [0.15, 0.2) is 11.6 Å². The molecule has 1 aromatic heterocycles. The van der Waals surface area contributed by atoms with Crippen LogP contribution in [0.3, 0.4) is 0 Å². The summed E-state index contributed by atoms with van der Waals surface area (Å²) in [5, 5.41) is 2.59. The van der Waals surface area contributed by atoms with Gasteiger partial charge < -0.3 is 9.64 Å². The van der Waals surface area contributed by atoms with E-state index in [1.807, 2.05) is 10.3 Å². The number of carbonyl (C=O) groups excluding carboxylic acids is 1. The van der Waals surface area contributed by atoms with Gasteiger partial charge in [0.05, 0.1) is 13.1 Å². The summed E-state index contributed by atoms with van der Waals surface area (Å²) in [4.78, 5) is 17.9. The van der Waals surface area contributed by atoms with Crippen LogP contribution >= 0.6 is 11.3 Å². The monoisotopic (exact) mass is 254 g/mol. The molecule has 1 aliphatic rings. The topological polar surface area (TPSA) is 42.4 Å². The van der Waals surface area contributed by atoms with E-state index in [1.54, 1.807) is 6.20 Å². The maximum atomic E-state index is 12.0. The Labute approximate surface area is 106 Å². The summed E-state index contributed by atoms with van der Waals surface area (Å²) in [6, 6.07) is 0. The fourth-order valence-electron chi connectivity index (χ4n) is 2.00. The molecule has 4 nitrogen and oxygen atoms in total. The lowest BCUT2D eigenvalue weighted by molar-refractivity contribution is -0.144. The minimum atomic E-state index is 0.125. The summed E-state index contributed by atoms with van der Waals surface area (Å²) in [5.74, 6) is 0.449. The van der Waals surface area contributed by atoms with Gasteiger partial charge in [0.25, 0.3) is 5.19 Å². The number of aromatic nitrogens is 1. The fourth-order valence-corrected chi connectivity index (χ4v) is 2.55. The van der Waals surface area contributed by atoms with Crippen LogP contribution in [0.2, 0.25) is 0 Å². The van der Waals surface area contributed by atoms with Gasteiger partial charge in [-0.3, -0.25) is 4.79 Å². The van der Waals surface area contributed by atoms with Crippen molar-refractivity contribution >= 4 is 17.2 Å². The van der Waals surface area contributed by atoms with Crippen LogP contribution in [0.4, 0.5) is 0 Å². The molecule has 1 saturated heterocycles. The highest BCUT2D eigenvalue weighted by Gasteiger charge is 2.34. The Kier molecular flexibility index (Phi) is 3.99. The average molecular weight is 254 g/mol. The second-order valence-electron chi connectivity index (χ2n) is 4.29. The minimum Gasteiger partial charge on any atom is -0.463 e. The molecule has 1 amide bonds. The highest BCUT2D eigenvalue weighted by molar-refractivity contribution is 7.11. The van der Waals surface area contributed by atoms with E-state index in [4.69, 9.17) is 4.74 Å². The van der Waals surface area contributed by atoms with E-state index in [1.165, 1.54) is 11.3 Å². The van der Waals surface area contributed by atoms with Crippen molar-refractivity contribution in [1.29, 1.82) is 0 Å². The highest BCUT2D eigenvalue weighted by atomic mass is 32.1. The second-order valence-corrected chi connectivity index (χ2v) is 5.15. The van der Waals surface area contributed by atoms with Crippen LogP contribution in [0.1, 0.15) is 26.7 Å². The summed E-state index contributed by atoms with van der Waals surface area (Å²) in [6.45, 7) is 5.54. The largest absolute Gasteiger partial charge is 0.463 e. The Morgan fingerprint density at radius 3 is 2.82 bits per heavy atom. The van der Waals surface area contributed by atoms with Crippen molar-refractivity contribution in [2.75, 3.05) is 13.1 Å². The van der Waals surface area contributed by atoms with Gasteiger partial charge in [0.2, 0.25) is 5.91 Å². The number of nitrogens with zero attached hydrogens (tertiary/aromatic N) is 2. The van der Waals surface area contributed by atoms with Gasteiger partial charge in [-0.1, -0.05) is 25.2 Å². The zero-order valence-corrected chi connectivity index (χ0v) is 11.1. The Hall–Kier alpha value is -1.10. The Morgan fingerprint density at radius 1 is 1.59 bits per heavy atom. The van der Waals surface area contributed by atoms with E-state index < -0.39 is 0 Å². The molecule has 0 bridgehead atoms. The SMILES string of the molecule is CCC(CC)C(=O)N1CC(Oc2nccs2)C1. The number of amides is 1. The molecule has 0 atom stereocenters. The van der Waals surface area contributed by atoms with E-state index in [0.29, 0.717) is 18.3 Å². The van der Waals surface area contributed by atoms with E-state index in [9.17, 15) is 4.79 Å². The first-order chi connectivity index (χ1) is 8.24. The number of thiazole rings is 1. The molecule has 0 radical (unpaired) electrons. The standard InChI is InChI=1S/C12H18N2O2S/c1-3-9(4-2)11(15)14-7-10(8-14)16-12-13-5-6-17-12/h5-6,9-10H,3-4,7-8H2,1-2H3. The molecular formula is C12H18N2O2S. The molecule has 0 N–H and O–H groups in total. The van der Waals surface area contributed by atoms with Gasteiger partial charge >= 0.3 is 0 Å². The van der Waals surface area contributed by atoms with Gasteiger partial charge in [0.15, 0.2) is 0 Å². The van der Waals surface area contributed by atoms with Gasteiger partial charge in [-0.25, -0.2) is 4.98 Å². The maximum absolute atomic E-state index is 12.0. The third-order valence-corrected chi connectivity index (χ3v) is 3.83. The molecule has 2 heterocycles. The lowest BCUT2D eigenvalue weighted by Crippen LogP contribution is -2.57. The molecule has 2 rings (SSSR count). The zero-order chi connectivity index (χ0) is 12.3. The smallest absolute Gasteiger partial charge is 0.273 e. The van der Waals surface area contributed by atoms with Gasteiger partial charge in [-0.15, -0.1) is 0 Å². The third-order valence-electron chi connectivity index (χ3n) is 3.17. The molecule has 17 heavy (non-hydrogen) atoms. The Balaban J connectivity index is 1.76. The van der Waals surface area contributed by atoms with Gasteiger partial charge in [-0.2, -0.15) is 0 Å². The molecule has 1 fully saturated rings. The maximum Gasteiger partial charge on any atom is 0.273 e. The van der Waals surface area contributed by atoms with Crippen molar-refractivity contribution in [3.63, 3.8) is 0 Å². The summed E-state index contributed by atoms with van der Waals surface area (Å²) < 4.78 is 5.63. The van der Waals surface area contributed by atoms with Gasteiger partial charge in [-0.05, 0) is 12.8 Å². The lowest BCUT2D eigenvalue weighted by Gasteiger charge is -2.40. The molecule has 0 unspecified atom stereocenters. The van der Waals surface area contributed by atoms with Crippen molar-refractivity contribution in [1.82, 2.24) is 9.88 Å². The molecule has 1 aromatic rings. The number of ether oxygens (including phenoxy) is 1. The molecule has 5 heteroatoms. The lowest BCUT2D eigenvalue weighted by atomic mass is 9.99. The number of hydrogen-bond donors (Lipinski definition) is 0. The van der Waals surface area contributed by atoms with E-state index in [2.05, 4.69) is 18.8 Å². The summed E-state index contributed by atoms with van der Waals surface area (Å²) in [7, 11) is 0. The highest BCUT2D eigenvalue weighted by Crippen LogP contribution is 2.22. The predicted molar refractivity (Wildman–Crippen MR) is 67.2 cm³/mol. The van der Waals surface area contributed by atoms with Crippen molar-refractivity contribution in [3.8, 4) is 5.19 Å². The van der Waals surface area contributed by atoms with Crippen LogP contribution < -0.4 is 4.74 Å². The van der Waals surface area contributed by atoms with Gasteiger partial charge in [0.1, 0.15) is 6.10 Å². The number of rotatable bonds is 5. The predicted octanol–water partition coefficient (Wildman–Crippen LogP) is 2.17. The summed E-state index contributed by atoms with van der Waals surface area (Å²) >= 11 is 1.49. The van der Waals surface area contributed by atoms with Crippen molar-refractivity contribution in [2.45, 2.75) is 32.8 Å². The number of likely N-dealkylation sites (tertiary alicyclic amines) is 1. The van der Waals surface area contributed by atoms with E-state index >= 15 is 0 Å². The molecule has 1 aliphatic heterocycles. The summed E-state index contributed by atoms with van der Waals surface area (Å²) in [6.07, 6.45) is 3.69. The molecule has 0 spiro atoms. The van der Waals surface area contributed by atoms with Crippen molar-refractivity contribution in [3.05, 3.63) is 11.6 Å². The van der Waals surface area contributed by atoms with Gasteiger partial charge in [0, 0.05) is 17.5 Å². The van der Waals surface area contributed by atoms with Crippen LogP contribution in [-0.2, 0) is 4.79 Å². The molecule has 0 aromatic carbocycles. The third kappa shape index (κ3) is 2.77. The molecule has 0 saturated carbocycles. The first-order valence-corrected chi connectivity index (χ1v) is 6.97. The minimum absolute atomic E-state index is 0.125. The zero-order valence-electron chi connectivity index (χ0n) is 10.3. The first-order valence-electron chi connectivity index (χ1n) is 6.09. The van der Waals surface area contributed by atoms with Crippen molar-refractivity contribution < 1.29 is 9.53 Å². The number of hydrogen-bond acceptors (Lipinski definition) is 4. The van der Waals surface area contributed by atoms with Crippen molar-refractivity contribution in [2.24, 2.45) is 5.92 Å². The van der Waals surface area contributed by atoms with Crippen LogP contribution in [0, 0.1) is 5.92 Å². The molecule has 94 valence electrons. The van der Waals surface area contributed by atoms with E-state index in [0.717, 1.165) is 12.8 Å². The normalized spacial score (nSPS) is 16.1. The van der Waals surface area contributed by atoms with Crippen LogP contribution in [0.5, 0.6) is 5.19 Å². The Morgan fingerprint density at radius 2 is 2.29 bits per heavy atom. The van der Waals surface area contributed by atoms with Crippen LogP contribution in [0.25, 0.3) is 0 Å². The van der Waals surface area contributed by atoms with E-state index in [-0.39, 0.29) is 17.9 Å². The Bertz CT molecular complexity index is 357. The van der Waals surface area contributed by atoms with Crippen LogP contribution in [-0.4, -0.2) is 35.0 Å². The molecule has 0 aliphatic carbocycles. The number of carbonyl (C=O) groups is 1.